The lowest BCUT2D eigenvalue weighted by atomic mass is 9.90. The van der Waals surface area contributed by atoms with Crippen LogP contribution in [0.5, 0.6) is 0 Å². The van der Waals surface area contributed by atoms with Crippen molar-refractivity contribution in [1.29, 1.82) is 0 Å². The van der Waals surface area contributed by atoms with E-state index in [1.807, 2.05) is 20.2 Å². The summed E-state index contributed by atoms with van der Waals surface area (Å²) in [6.07, 6.45) is 6.18. The highest BCUT2D eigenvalue weighted by atomic mass is 16.1. The fourth-order valence-electron chi connectivity index (χ4n) is 3.75. The van der Waals surface area contributed by atoms with Crippen LogP contribution in [0, 0.1) is 5.92 Å². The third-order valence-electron chi connectivity index (χ3n) is 5.38. The molecule has 1 amide bonds. The monoisotopic (exact) mass is 380 g/mol. The zero-order valence-corrected chi connectivity index (χ0v) is 17.1. The Hall–Kier alpha value is -2.40. The van der Waals surface area contributed by atoms with E-state index in [0.29, 0.717) is 12.1 Å². The van der Waals surface area contributed by atoms with E-state index in [1.165, 1.54) is 5.56 Å². The van der Waals surface area contributed by atoms with E-state index in [9.17, 15) is 4.79 Å². The second-order valence-corrected chi connectivity index (χ2v) is 7.94. The molecule has 1 aliphatic rings. The number of hydrogen-bond donors (Lipinski definition) is 1. The van der Waals surface area contributed by atoms with Crippen molar-refractivity contribution in [2.24, 2.45) is 5.92 Å². The van der Waals surface area contributed by atoms with Gasteiger partial charge in [0.05, 0.1) is 0 Å². The highest BCUT2D eigenvalue weighted by Gasteiger charge is 2.21. The average molecular weight is 381 g/mol. The molecule has 2 aromatic rings. The molecule has 150 valence electrons. The Morgan fingerprint density at radius 3 is 2.64 bits per heavy atom. The molecule has 0 atom stereocenters. The Morgan fingerprint density at radius 1 is 1.18 bits per heavy atom. The minimum Gasteiger partial charge on any atom is -0.357 e. The average Bonchev–Trinajstić information content (AvgIpc) is 2.72. The van der Waals surface area contributed by atoms with E-state index in [1.54, 1.807) is 12.3 Å². The van der Waals surface area contributed by atoms with Crippen LogP contribution in [0.25, 0.3) is 0 Å². The molecule has 5 heteroatoms. The van der Waals surface area contributed by atoms with Crippen LogP contribution in [-0.4, -0.2) is 56.1 Å². The lowest BCUT2D eigenvalue weighted by Crippen LogP contribution is -2.35. The maximum Gasteiger partial charge on any atom is 0.251 e. The molecule has 1 aromatic carbocycles. The van der Waals surface area contributed by atoms with E-state index in [-0.39, 0.29) is 5.91 Å². The van der Waals surface area contributed by atoms with Crippen molar-refractivity contribution in [1.82, 2.24) is 15.2 Å². The summed E-state index contributed by atoms with van der Waals surface area (Å²) in [5.74, 6) is 1.63. The molecule has 1 aliphatic heterocycles. The maximum absolute atomic E-state index is 12.4. The molecule has 3 rings (SSSR count). The molecule has 0 spiro atoms. The number of piperidine rings is 1. The minimum atomic E-state index is -0.0126. The molecule has 0 radical (unpaired) electrons. The Balaban J connectivity index is 1.49. The van der Waals surface area contributed by atoms with Gasteiger partial charge in [-0.3, -0.25) is 4.79 Å². The van der Waals surface area contributed by atoms with Gasteiger partial charge >= 0.3 is 0 Å². The largest absolute Gasteiger partial charge is 0.357 e. The molecule has 0 unspecified atom stereocenters. The van der Waals surface area contributed by atoms with Crippen LogP contribution in [0.1, 0.15) is 35.2 Å². The van der Waals surface area contributed by atoms with Crippen molar-refractivity contribution in [3.8, 4) is 0 Å². The number of aromatic nitrogens is 1. The summed E-state index contributed by atoms with van der Waals surface area (Å²) < 4.78 is 0. The topological polar surface area (TPSA) is 48.5 Å². The van der Waals surface area contributed by atoms with Gasteiger partial charge in [0, 0.05) is 31.4 Å². The maximum atomic E-state index is 12.4. The third kappa shape index (κ3) is 6.06. The zero-order chi connectivity index (χ0) is 19.8. The normalized spacial score (nSPS) is 15.0. The Morgan fingerprint density at radius 2 is 1.93 bits per heavy atom. The van der Waals surface area contributed by atoms with Crippen molar-refractivity contribution >= 4 is 11.7 Å². The van der Waals surface area contributed by atoms with Gasteiger partial charge < -0.3 is 15.1 Å². The fraction of sp³-hybridized carbons (Fsp3) is 0.478. The van der Waals surface area contributed by atoms with Gasteiger partial charge in [0.25, 0.3) is 5.91 Å². The van der Waals surface area contributed by atoms with Gasteiger partial charge in [-0.25, -0.2) is 4.98 Å². The molecule has 1 N–H and O–H groups in total. The van der Waals surface area contributed by atoms with Gasteiger partial charge in [0.2, 0.25) is 0 Å². The molecule has 0 saturated carbocycles. The number of pyridine rings is 1. The standard InChI is InChI=1S/C23H32N4O/c1-26(2)14-6-12-25-23(28)21-9-13-24-22(18-21)27-15-10-20(11-16-27)17-19-7-4-3-5-8-19/h3-5,7-9,13,18,20H,6,10-12,14-17H2,1-2H3,(H,25,28). The Kier molecular flexibility index (Phi) is 7.43. The molecule has 28 heavy (non-hydrogen) atoms. The highest BCUT2D eigenvalue weighted by Crippen LogP contribution is 2.25. The van der Waals surface area contributed by atoms with E-state index in [2.05, 4.69) is 50.4 Å². The van der Waals surface area contributed by atoms with Crippen molar-refractivity contribution in [3.63, 3.8) is 0 Å². The number of benzene rings is 1. The molecule has 0 aliphatic carbocycles. The number of carbonyl (C=O) groups excluding carboxylic acids is 1. The highest BCUT2D eigenvalue weighted by molar-refractivity contribution is 5.94. The van der Waals surface area contributed by atoms with Crippen LogP contribution in [0.2, 0.25) is 0 Å². The van der Waals surface area contributed by atoms with Crippen molar-refractivity contribution in [2.45, 2.75) is 25.7 Å². The lowest BCUT2D eigenvalue weighted by Gasteiger charge is -2.33. The Bertz CT molecular complexity index is 739. The predicted molar refractivity (Wildman–Crippen MR) is 115 cm³/mol. The fourth-order valence-corrected chi connectivity index (χ4v) is 3.75. The van der Waals surface area contributed by atoms with Crippen LogP contribution in [0.3, 0.4) is 0 Å². The SMILES string of the molecule is CN(C)CCCNC(=O)c1ccnc(N2CCC(Cc3ccccc3)CC2)c1. The summed E-state index contributed by atoms with van der Waals surface area (Å²) in [5, 5.41) is 3.01. The predicted octanol–water partition coefficient (Wildman–Crippen LogP) is 3.22. The summed E-state index contributed by atoms with van der Waals surface area (Å²) in [7, 11) is 4.08. The molecule has 1 aromatic heterocycles. The van der Waals surface area contributed by atoms with E-state index in [0.717, 1.165) is 57.1 Å². The van der Waals surface area contributed by atoms with Gasteiger partial charge in [0.15, 0.2) is 0 Å². The molecular weight excluding hydrogens is 348 g/mol. The van der Waals surface area contributed by atoms with Gasteiger partial charge in [-0.1, -0.05) is 30.3 Å². The first kappa shape index (κ1) is 20.3. The summed E-state index contributed by atoms with van der Waals surface area (Å²) in [6, 6.07) is 14.5. The number of amides is 1. The number of anilines is 1. The first-order valence-electron chi connectivity index (χ1n) is 10.3. The van der Waals surface area contributed by atoms with Crippen LogP contribution in [-0.2, 0) is 6.42 Å². The summed E-state index contributed by atoms with van der Waals surface area (Å²) in [5.41, 5.74) is 2.12. The molecule has 5 nitrogen and oxygen atoms in total. The van der Waals surface area contributed by atoms with Gasteiger partial charge in [-0.05, 0) is 69.9 Å². The van der Waals surface area contributed by atoms with Gasteiger partial charge in [-0.2, -0.15) is 0 Å². The lowest BCUT2D eigenvalue weighted by molar-refractivity contribution is 0.0952. The van der Waals surface area contributed by atoms with Crippen molar-refractivity contribution in [3.05, 3.63) is 59.8 Å². The first-order valence-corrected chi connectivity index (χ1v) is 10.3. The van der Waals surface area contributed by atoms with Crippen molar-refractivity contribution < 1.29 is 4.79 Å². The second kappa shape index (κ2) is 10.2. The zero-order valence-electron chi connectivity index (χ0n) is 17.1. The van der Waals surface area contributed by atoms with Crippen LogP contribution in [0.4, 0.5) is 5.82 Å². The summed E-state index contributed by atoms with van der Waals surface area (Å²) in [6.45, 7) is 3.66. The van der Waals surface area contributed by atoms with Crippen LogP contribution < -0.4 is 10.2 Å². The van der Waals surface area contributed by atoms with E-state index in [4.69, 9.17) is 0 Å². The van der Waals surface area contributed by atoms with E-state index < -0.39 is 0 Å². The van der Waals surface area contributed by atoms with Gasteiger partial charge in [0.1, 0.15) is 5.82 Å². The number of nitrogens with one attached hydrogen (secondary N) is 1. The molecule has 1 fully saturated rings. The number of carbonyl (C=O) groups is 1. The van der Waals surface area contributed by atoms with Crippen molar-refractivity contribution in [2.75, 3.05) is 45.2 Å². The second-order valence-electron chi connectivity index (χ2n) is 7.94. The molecule has 0 bridgehead atoms. The first-order chi connectivity index (χ1) is 13.6. The smallest absolute Gasteiger partial charge is 0.251 e. The molecular formula is C23H32N4O. The Labute approximate surface area is 168 Å². The molecule has 1 saturated heterocycles. The quantitative estimate of drug-likeness (QED) is 0.715. The van der Waals surface area contributed by atoms with E-state index >= 15 is 0 Å². The van der Waals surface area contributed by atoms with Crippen LogP contribution >= 0.6 is 0 Å². The third-order valence-corrected chi connectivity index (χ3v) is 5.38. The van der Waals surface area contributed by atoms with Crippen LogP contribution in [0.15, 0.2) is 48.7 Å². The summed E-state index contributed by atoms with van der Waals surface area (Å²) in [4.78, 5) is 21.4. The minimum absolute atomic E-state index is 0.0126. The number of hydrogen-bond acceptors (Lipinski definition) is 4. The summed E-state index contributed by atoms with van der Waals surface area (Å²) >= 11 is 0. The number of nitrogens with zero attached hydrogens (tertiary/aromatic N) is 3. The number of rotatable bonds is 8. The van der Waals surface area contributed by atoms with Gasteiger partial charge in [-0.15, -0.1) is 0 Å². The molecule has 2 heterocycles.